The molecule has 0 aliphatic carbocycles. The van der Waals surface area contributed by atoms with Gasteiger partial charge in [0.2, 0.25) is 5.88 Å². The van der Waals surface area contributed by atoms with Crippen molar-refractivity contribution < 1.29 is 45.3 Å². The molecular formula is C50H51F6N7O4. The Bertz CT molecular complexity index is 2750. The Labute approximate surface area is 384 Å². The van der Waals surface area contributed by atoms with E-state index in [0.717, 1.165) is 36.1 Å². The van der Waals surface area contributed by atoms with Crippen LogP contribution in [0.1, 0.15) is 72.5 Å². The largest absolute Gasteiger partial charge is 0.497 e. The van der Waals surface area contributed by atoms with Crippen molar-refractivity contribution in [1.82, 2.24) is 24.8 Å². The molecule has 0 spiro atoms. The van der Waals surface area contributed by atoms with E-state index in [1.165, 1.54) is 6.92 Å². The lowest BCUT2D eigenvalue weighted by molar-refractivity contribution is -0.137. The van der Waals surface area contributed by atoms with Crippen molar-refractivity contribution in [2.24, 2.45) is 0 Å². The van der Waals surface area contributed by atoms with Gasteiger partial charge in [0.05, 0.1) is 37.9 Å². The highest BCUT2D eigenvalue weighted by atomic mass is 19.4. The van der Waals surface area contributed by atoms with Crippen LogP contribution in [0.3, 0.4) is 0 Å². The van der Waals surface area contributed by atoms with Crippen molar-refractivity contribution >= 4 is 22.5 Å². The number of ether oxygens (including phenoxy) is 4. The molecule has 0 bridgehead atoms. The molecule has 9 rings (SSSR count). The Kier molecular flexibility index (Phi) is 12.3. The zero-order chi connectivity index (χ0) is 47.4. The summed E-state index contributed by atoms with van der Waals surface area (Å²) in [4.78, 5) is 25.0. The van der Waals surface area contributed by atoms with Crippen LogP contribution in [0.25, 0.3) is 22.2 Å². The van der Waals surface area contributed by atoms with Crippen LogP contribution < -0.4 is 28.7 Å². The number of anilines is 2. The maximum absolute atomic E-state index is 17.5. The number of rotatable bonds is 13. The molecule has 2 unspecified atom stereocenters. The van der Waals surface area contributed by atoms with E-state index < -0.39 is 69.6 Å². The second-order valence-electron chi connectivity index (χ2n) is 17.8. The quantitative estimate of drug-likeness (QED) is 0.104. The van der Waals surface area contributed by atoms with Crippen molar-refractivity contribution in [2.45, 2.75) is 90.1 Å². The first-order chi connectivity index (χ1) is 32.1. The van der Waals surface area contributed by atoms with Crippen molar-refractivity contribution in [2.75, 3.05) is 50.3 Å². The summed E-state index contributed by atoms with van der Waals surface area (Å²) in [5.41, 5.74) is -1.85. The van der Waals surface area contributed by atoms with E-state index in [2.05, 4.69) is 19.8 Å². The molecule has 2 saturated heterocycles. The van der Waals surface area contributed by atoms with Gasteiger partial charge in [0.25, 0.3) is 0 Å². The molecule has 0 N–H and O–H groups in total. The number of alkyl halides is 4. The summed E-state index contributed by atoms with van der Waals surface area (Å²) in [6.07, 6.45) is -3.35. The Morgan fingerprint density at radius 3 is 2.22 bits per heavy atom. The lowest BCUT2D eigenvalue weighted by Crippen LogP contribution is -2.43. The average Bonchev–Trinajstić information content (AvgIpc) is 3.80. The molecule has 6 heterocycles. The molecule has 3 aliphatic rings. The van der Waals surface area contributed by atoms with E-state index >= 15 is 8.78 Å². The third kappa shape index (κ3) is 8.73. The number of pyridine rings is 2. The van der Waals surface area contributed by atoms with Gasteiger partial charge in [0, 0.05) is 43.4 Å². The molecule has 17 heteroatoms. The molecule has 0 saturated carbocycles. The normalized spacial score (nSPS) is 19.8. The standard InChI is InChI=1S/C50H51F6N7O4/c1-28-21-38(40(50(54,55)56)30(3)41(28)52)43-42(53)44-39-46(60-48(59-44)66-27-49-18-8-20-62(49)26-34(51)22-49)63(23-29(2)67-47(39)58-43)31(4)37-9-7-19-57-45(37)61(24-32-10-14-35(64-5)15-11-32)25-33-12-16-36(65-6)17-13-33/h7,9-17,19,21,29,31,34H,8,18,20,22-27H2,1-6H3/t29?,31?,34-,49+/m1/s1. The summed E-state index contributed by atoms with van der Waals surface area (Å²) in [5, 5.41) is 0.0121. The van der Waals surface area contributed by atoms with Crippen molar-refractivity contribution in [1.29, 1.82) is 0 Å². The third-order valence-corrected chi connectivity index (χ3v) is 13.3. The number of aryl methyl sites for hydroxylation is 1. The molecule has 3 aromatic carbocycles. The third-order valence-electron chi connectivity index (χ3n) is 13.3. The monoisotopic (exact) mass is 927 g/mol. The molecule has 4 atom stereocenters. The number of hydrogen-bond acceptors (Lipinski definition) is 11. The van der Waals surface area contributed by atoms with Gasteiger partial charge < -0.3 is 28.7 Å². The smallest absolute Gasteiger partial charge is 0.417 e. The molecule has 3 aromatic heterocycles. The van der Waals surface area contributed by atoms with Gasteiger partial charge in [0.1, 0.15) is 64.4 Å². The fourth-order valence-electron chi connectivity index (χ4n) is 10.0. The first-order valence-corrected chi connectivity index (χ1v) is 22.3. The highest BCUT2D eigenvalue weighted by Gasteiger charge is 2.49. The number of hydrogen-bond donors (Lipinski definition) is 0. The summed E-state index contributed by atoms with van der Waals surface area (Å²) < 4.78 is 116. The van der Waals surface area contributed by atoms with E-state index in [1.807, 2.05) is 72.5 Å². The maximum Gasteiger partial charge on any atom is 0.417 e. The number of aromatic nitrogens is 4. The molecule has 352 valence electrons. The molecule has 3 aliphatic heterocycles. The minimum atomic E-state index is -5.07. The van der Waals surface area contributed by atoms with Gasteiger partial charge >= 0.3 is 12.2 Å². The van der Waals surface area contributed by atoms with Gasteiger partial charge in [-0.05, 0) is 106 Å². The first kappa shape index (κ1) is 45.8. The molecule has 11 nitrogen and oxygen atoms in total. The molecule has 0 radical (unpaired) electrons. The molecule has 6 aromatic rings. The van der Waals surface area contributed by atoms with Crippen LogP contribution in [0.15, 0.2) is 72.9 Å². The van der Waals surface area contributed by atoms with Crippen LogP contribution in [-0.2, 0) is 19.3 Å². The SMILES string of the molecule is COc1ccc(CN(Cc2ccc(OC)cc2)c2ncccc2C(C)N2CC(C)Oc3nc(-c4cc(C)c(F)c(C)c4C(F)(F)F)c(F)c4nc(OC[C@@]56CCCN5C[C@H](F)C6)nc2c34)cc1. The van der Waals surface area contributed by atoms with E-state index in [4.69, 9.17) is 28.9 Å². The first-order valence-electron chi connectivity index (χ1n) is 22.3. The summed E-state index contributed by atoms with van der Waals surface area (Å²) in [5.74, 6) is -0.231. The summed E-state index contributed by atoms with van der Waals surface area (Å²) in [6, 6.07) is 19.4. The Morgan fingerprint density at radius 2 is 1.58 bits per heavy atom. The summed E-state index contributed by atoms with van der Waals surface area (Å²) >= 11 is 0. The van der Waals surface area contributed by atoms with E-state index in [0.29, 0.717) is 43.4 Å². The second kappa shape index (κ2) is 18.0. The number of methoxy groups -OCH3 is 2. The number of nitrogens with zero attached hydrogens (tertiary/aromatic N) is 7. The van der Waals surface area contributed by atoms with Crippen molar-refractivity contribution in [3.63, 3.8) is 0 Å². The molecule has 0 amide bonds. The van der Waals surface area contributed by atoms with Crippen LogP contribution >= 0.6 is 0 Å². The minimum Gasteiger partial charge on any atom is -0.497 e. The summed E-state index contributed by atoms with van der Waals surface area (Å²) in [6.45, 7) is 8.04. The molecular weight excluding hydrogens is 877 g/mol. The van der Waals surface area contributed by atoms with E-state index in [1.54, 1.807) is 27.3 Å². The van der Waals surface area contributed by atoms with Crippen molar-refractivity contribution in [3.8, 4) is 34.6 Å². The van der Waals surface area contributed by atoms with E-state index in [-0.39, 0.29) is 54.8 Å². The zero-order valence-electron chi connectivity index (χ0n) is 38.1. The predicted molar refractivity (Wildman–Crippen MR) is 242 cm³/mol. The Hall–Kier alpha value is -6.36. The van der Waals surface area contributed by atoms with E-state index in [9.17, 15) is 17.6 Å². The van der Waals surface area contributed by atoms with Gasteiger partial charge in [-0.1, -0.05) is 30.3 Å². The van der Waals surface area contributed by atoms with Gasteiger partial charge in [-0.2, -0.15) is 23.1 Å². The molecule has 67 heavy (non-hydrogen) atoms. The highest BCUT2D eigenvalue weighted by molar-refractivity contribution is 5.97. The fraction of sp³-hybridized carbons (Fsp3) is 0.400. The van der Waals surface area contributed by atoms with Gasteiger partial charge in [-0.25, -0.2) is 23.1 Å². The Balaban J connectivity index is 1.20. The highest BCUT2D eigenvalue weighted by Crippen LogP contribution is 2.47. The number of fused-ring (bicyclic) bond motifs is 1. The predicted octanol–water partition coefficient (Wildman–Crippen LogP) is 10.5. The lowest BCUT2D eigenvalue weighted by atomic mass is 9.94. The lowest BCUT2D eigenvalue weighted by Gasteiger charge is -2.34. The van der Waals surface area contributed by atoms with Gasteiger partial charge in [-0.3, -0.25) is 4.90 Å². The number of halogens is 6. The van der Waals surface area contributed by atoms with Gasteiger partial charge in [0.15, 0.2) is 5.82 Å². The second-order valence-corrected chi connectivity index (χ2v) is 17.8. The van der Waals surface area contributed by atoms with Crippen LogP contribution in [0.4, 0.5) is 38.0 Å². The van der Waals surface area contributed by atoms with Gasteiger partial charge in [-0.15, -0.1) is 0 Å². The maximum atomic E-state index is 17.5. The topological polar surface area (TPSA) is 98.2 Å². The zero-order valence-corrected chi connectivity index (χ0v) is 38.1. The van der Waals surface area contributed by atoms with Crippen LogP contribution in [-0.4, -0.2) is 83.1 Å². The summed E-state index contributed by atoms with van der Waals surface area (Å²) in [7, 11) is 3.22. The molecule has 2 fully saturated rings. The van der Waals surface area contributed by atoms with Crippen LogP contribution in [0, 0.1) is 25.5 Å². The van der Waals surface area contributed by atoms with Crippen molar-refractivity contribution in [3.05, 3.63) is 118 Å². The Morgan fingerprint density at radius 1 is 0.910 bits per heavy atom. The minimum absolute atomic E-state index is 0.000246. The van der Waals surface area contributed by atoms with Crippen LogP contribution in [0.2, 0.25) is 0 Å². The average molecular weight is 928 g/mol. The van der Waals surface area contributed by atoms with Crippen LogP contribution in [0.5, 0.6) is 23.4 Å². The number of benzene rings is 3. The fourth-order valence-corrected chi connectivity index (χ4v) is 10.0.